The SMILES string of the molecule is CCNC(=NCc1ccc(CN2CCCC2=O)cc1)NC1CCN(C(=O)C2CCCC2)C1. The lowest BCUT2D eigenvalue weighted by Gasteiger charge is -2.21. The highest BCUT2D eigenvalue weighted by Gasteiger charge is 2.32. The topological polar surface area (TPSA) is 77.0 Å². The van der Waals surface area contributed by atoms with Gasteiger partial charge in [0.15, 0.2) is 5.96 Å². The summed E-state index contributed by atoms with van der Waals surface area (Å²) in [6, 6.07) is 8.64. The number of aliphatic imine (C=N–C) groups is 1. The molecular formula is C25H37N5O2. The van der Waals surface area contributed by atoms with Crippen molar-refractivity contribution in [3.05, 3.63) is 35.4 Å². The molecule has 174 valence electrons. The van der Waals surface area contributed by atoms with Crippen LogP contribution in [0.3, 0.4) is 0 Å². The van der Waals surface area contributed by atoms with E-state index >= 15 is 0 Å². The number of benzene rings is 1. The molecule has 7 heteroatoms. The van der Waals surface area contributed by atoms with Crippen molar-refractivity contribution in [1.82, 2.24) is 20.4 Å². The number of guanidine groups is 1. The van der Waals surface area contributed by atoms with Crippen molar-refractivity contribution >= 4 is 17.8 Å². The van der Waals surface area contributed by atoms with E-state index in [9.17, 15) is 9.59 Å². The van der Waals surface area contributed by atoms with Crippen LogP contribution < -0.4 is 10.6 Å². The first-order valence-electron chi connectivity index (χ1n) is 12.3. The highest BCUT2D eigenvalue weighted by atomic mass is 16.2. The van der Waals surface area contributed by atoms with Gasteiger partial charge < -0.3 is 20.4 Å². The predicted molar refractivity (Wildman–Crippen MR) is 126 cm³/mol. The zero-order valence-electron chi connectivity index (χ0n) is 19.3. The molecule has 0 aromatic heterocycles. The van der Waals surface area contributed by atoms with E-state index in [-0.39, 0.29) is 17.9 Å². The number of hydrogen-bond acceptors (Lipinski definition) is 3. The lowest BCUT2D eigenvalue weighted by molar-refractivity contribution is -0.134. The Bertz CT molecular complexity index is 816. The zero-order chi connectivity index (χ0) is 22.3. The van der Waals surface area contributed by atoms with Gasteiger partial charge in [-0.3, -0.25) is 9.59 Å². The van der Waals surface area contributed by atoms with Crippen molar-refractivity contribution in [2.75, 3.05) is 26.2 Å². The molecule has 2 N–H and O–H groups in total. The van der Waals surface area contributed by atoms with Gasteiger partial charge in [-0.15, -0.1) is 0 Å². The first-order valence-corrected chi connectivity index (χ1v) is 12.3. The first kappa shape index (κ1) is 22.6. The normalized spacial score (nSPS) is 22.1. The molecule has 0 spiro atoms. The Kier molecular flexibility index (Phi) is 7.66. The van der Waals surface area contributed by atoms with Crippen LogP contribution in [0.25, 0.3) is 0 Å². The molecule has 1 aromatic carbocycles. The van der Waals surface area contributed by atoms with Gasteiger partial charge in [0.2, 0.25) is 11.8 Å². The second-order valence-corrected chi connectivity index (χ2v) is 9.33. The molecule has 0 bridgehead atoms. The summed E-state index contributed by atoms with van der Waals surface area (Å²) in [5.74, 6) is 1.67. The van der Waals surface area contributed by atoms with E-state index in [2.05, 4.69) is 41.8 Å². The van der Waals surface area contributed by atoms with Crippen molar-refractivity contribution in [3.8, 4) is 0 Å². The van der Waals surface area contributed by atoms with Gasteiger partial charge in [0.25, 0.3) is 0 Å². The lowest BCUT2D eigenvalue weighted by atomic mass is 10.1. The third-order valence-corrected chi connectivity index (χ3v) is 6.88. The molecule has 32 heavy (non-hydrogen) atoms. The van der Waals surface area contributed by atoms with Crippen molar-refractivity contribution in [2.45, 2.75) is 71.0 Å². The van der Waals surface area contributed by atoms with Gasteiger partial charge in [-0.05, 0) is 43.7 Å². The molecule has 1 unspecified atom stereocenters. The fourth-order valence-corrected chi connectivity index (χ4v) is 5.03. The molecule has 2 amide bonds. The van der Waals surface area contributed by atoms with Crippen LogP contribution in [-0.2, 0) is 22.7 Å². The van der Waals surface area contributed by atoms with E-state index in [1.54, 1.807) is 0 Å². The van der Waals surface area contributed by atoms with Crippen LogP contribution in [0.1, 0.15) is 63.0 Å². The smallest absolute Gasteiger partial charge is 0.225 e. The summed E-state index contributed by atoms with van der Waals surface area (Å²) in [5.41, 5.74) is 2.30. The number of nitrogens with one attached hydrogen (secondary N) is 2. The summed E-state index contributed by atoms with van der Waals surface area (Å²) in [5, 5.41) is 6.86. The molecule has 1 aliphatic carbocycles. The second kappa shape index (κ2) is 10.8. The van der Waals surface area contributed by atoms with Crippen molar-refractivity contribution < 1.29 is 9.59 Å². The van der Waals surface area contributed by atoms with E-state index in [0.717, 1.165) is 68.9 Å². The molecule has 2 heterocycles. The standard InChI is InChI=1S/C25H37N5O2/c1-2-26-25(28-22-13-15-30(18-22)24(32)21-6-3-4-7-21)27-16-19-9-11-20(12-10-19)17-29-14-5-8-23(29)31/h9-12,21-22H,2-8,13-18H2,1H3,(H2,26,27,28). The number of likely N-dealkylation sites (tertiary alicyclic amines) is 2. The van der Waals surface area contributed by atoms with Gasteiger partial charge in [-0.1, -0.05) is 37.1 Å². The maximum absolute atomic E-state index is 12.7. The number of rotatable bonds is 7. The van der Waals surface area contributed by atoms with Crippen LogP contribution in [0.15, 0.2) is 29.3 Å². The molecule has 7 nitrogen and oxygen atoms in total. The summed E-state index contributed by atoms with van der Waals surface area (Å²) < 4.78 is 0. The Morgan fingerprint density at radius 1 is 1.06 bits per heavy atom. The summed E-state index contributed by atoms with van der Waals surface area (Å²) in [7, 11) is 0. The van der Waals surface area contributed by atoms with Gasteiger partial charge in [0.05, 0.1) is 6.54 Å². The van der Waals surface area contributed by atoms with E-state index in [1.807, 2.05) is 9.80 Å². The number of hydrogen-bond donors (Lipinski definition) is 2. The first-order chi connectivity index (χ1) is 15.6. The summed E-state index contributed by atoms with van der Waals surface area (Å²) in [4.78, 5) is 33.3. The van der Waals surface area contributed by atoms with E-state index in [1.165, 1.54) is 12.8 Å². The average molecular weight is 440 g/mol. The third-order valence-electron chi connectivity index (χ3n) is 6.88. The molecule has 3 fully saturated rings. The molecular weight excluding hydrogens is 402 g/mol. The summed E-state index contributed by atoms with van der Waals surface area (Å²) in [6.07, 6.45) is 7.13. The van der Waals surface area contributed by atoms with Gasteiger partial charge in [0.1, 0.15) is 0 Å². The minimum atomic E-state index is 0.249. The van der Waals surface area contributed by atoms with Crippen LogP contribution in [-0.4, -0.2) is 59.8 Å². The second-order valence-electron chi connectivity index (χ2n) is 9.33. The maximum Gasteiger partial charge on any atom is 0.225 e. The van der Waals surface area contributed by atoms with Crippen molar-refractivity contribution in [1.29, 1.82) is 0 Å². The Labute approximate surface area is 191 Å². The van der Waals surface area contributed by atoms with E-state index in [4.69, 9.17) is 4.99 Å². The lowest BCUT2D eigenvalue weighted by Crippen LogP contribution is -2.45. The summed E-state index contributed by atoms with van der Waals surface area (Å²) in [6.45, 7) is 6.63. The molecule has 4 rings (SSSR count). The monoisotopic (exact) mass is 439 g/mol. The summed E-state index contributed by atoms with van der Waals surface area (Å²) >= 11 is 0. The Hall–Kier alpha value is -2.57. The molecule has 1 atom stereocenters. The van der Waals surface area contributed by atoms with E-state index < -0.39 is 0 Å². The number of amides is 2. The predicted octanol–water partition coefficient (Wildman–Crippen LogP) is 2.66. The van der Waals surface area contributed by atoms with Crippen LogP contribution >= 0.6 is 0 Å². The maximum atomic E-state index is 12.7. The Balaban J connectivity index is 1.28. The molecule has 3 aliphatic rings. The number of carbonyl (C=O) groups is 2. The van der Waals surface area contributed by atoms with Crippen LogP contribution in [0.2, 0.25) is 0 Å². The molecule has 1 aromatic rings. The fraction of sp³-hybridized carbons (Fsp3) is 0.640. The molecule has 2 aliphatic heterocycles. The number of carbonyl (C=O) groups excluding carboxylic acids is 2. The van der Waals surface area contributed by atoms with Gasteiger partial charge >= 0.3 is 0 Å². The molecule has 0 radical (unpaired) electrons. The highest BCUT2D eigenvalue weighted by molar-refractivity contribution is 5.81. The van der Waals surface area contributed by atoms with Crippen molar-refractivity contribution in [3.63, 3.8) is 0 Å². The Morgan fingerprint density at radius 3 is 2.50 bits per heavy atom. The molecule has 1 saturated carbocycles. The average Bonchev–Trinajstić information content (AvgIpc) is 3.56. The van der Waals surface area contributed by atoms with Crippen LogP contribution in [0, 0.1) is 5.92 Å². The minimum absolute atomic E-state index is 0.249. The molecule has 2 saturated heterocycles. The number of nitrogens with zero attached hydrogens (tertiary/aromatic N) is 3. The highest BCUT2D eigenvalue weighted by Crippen LogP contribution is 2.27. The van der Waals surface area contributed by atoms with Crippen LogP contribution in [0.5, 0.6) is 0 Å². The zero-order valence-corrected chi connectivity index (χ0v) is 19.3. The van der Waals surface area contributed by atoms with Gasteiger partial charge in [-0.25, -0.2) is 4.99 Å². The fourth-order valence-electron chi connectivity index (χ4n) is 5.03. The van der Waals surface area contributed by atoms with Crippen LogP contribution in [0.4, 0.5) is 0 Å². The van der Waals surface area contributed by atoms with E-state index in [0.29, 0.717) is 25.4 Å². The Morgan fingerprint density at radius 2 is 1.81 bits per heavy atom. The van der Waals surface area contributed by atoms with Gasteiger partial charge in [0, 0.05) is 51.1 Å². The van der Waals surface area contributed by atoms with Crippen molar-refractivity contribution in [2.24, 2.45) is 10.9 Å². The van der Waals surface area contributed by atoms with Gasteiger partial charge in [-0.2, -0.15) is 0 Å². The minimum Gasteiger partial charge on any atom is -0.357 e. The largest absolute Gasteiger partial charge is 0.357 e. The quantitative estimate of drug-likeness (QED) is 0.506. The third kappa shape index (κ3) is 5.81.